The van der Waals surface area contributed by atoms with Crippen LogP contribution in [0.2, 0.25) is 0 Å². The minimum atomic E-state index is -0.0380. The van der Waals surface area contributed by atoms with Gasteiger partial charge in [-0.1, -0.05) is 87.0 Å². The van der Waals surface area contributed by atoms with E-state index >= 15 is 0 Å². The fourth-order valence-corrected chi connectivity index (χ4v) is 4.63. The molecule has 0 aliphatic heterocycles. The third-order valence-electron chi connectivity index (χ3n) is 5.00. The highest BCUT2D eigenvalue weighted by Crippen LogP contribution is 2.41. The average molecular weight is 327 g/mol. The first-order valence-corrected chi connectivity index (χ1v) is 10.1. The largest absolute Gasteiger partial charge is 0.375 e. The van der Waals surface area contributed by atoms with Crippen LogP contribution in [0.15, 0.2) is 0 Å². The molecule has 0 heterocycles. The second kappa shape index (κ2) is 10.7. The monoisotopic (exact) mass is 326 g/mol. The third-order valence-corrected chi connectivity index (χ3v) is 5.00. The van der Waals surface area contributed by atoms with Crippen LogP contribution >= 0.6 is 0 Å². The van der Waals surface area contributed by atoms with Gasteiger partial charge in [0.05, 0.1) is 5.60 Å². The van der Waals surface area contributed by atoms with Gasteiger partial charge < -0.3 is 4.74 Å². The molecule has 0 aromatic rings. The molecular weight excluding hydrogens is 280 g/mol. The molecule has 1 atom stereocenters. The zero-order valence-electron chi connectivity index (χ0n) is 17.8. The zero-order valence-corrected chi connectivity index (χ0v) is 17.8. The first-order valence-electron chi connectivity index (χ1n) is 10.1. The summed E-state index contributed by atoms with van der Waals surface area (Å²) in [5.41, 5.74) is 0.248. The summed E-state index contributed by atoms with van der Waals surface area (Å²) in [5, 5.41) is 0. The molecule has 0 saturated heterocycles. The van der Waals surface area contributed by atoms with Crippen molar-refractivity contribution in [2.24, 2.45) is 23.2 Å². The van der Waals surface area contributed by atoms with E-state index in [0.717, 1.165) is 12.5 Å². The van der Waals surface area contributed by atoms with Gasteiger partial charge in [0, 0.05) is 6.61 Å². The van der Waals surface area contributed by atoms with Gasteiger partial charge in [0.1, 0.15) is 0 Å². The fourth-order valence-electron chi connectivity index (χ4n) is 4.63. The molecule has 0 saturated carbocycles. The summed E-state index contributed by atoms with van der Waals surface area (Å²) in [5.74, 6) is 2.08. The average Bonchev–Trinajstić information content (AvgIpc) is 2.33. The molecular formula is C22H46O. The summed E-state index contributed by atoms with van der Waals surface area (Å²) >= 11 is 0. The van der Waals surface area contributed by atoms with Gasteiger partial charge in [-0.25, -0.2) is 0 Å². The van der Waals surface area contributed by atoms with Crippen molar-refractivity contribution in [3.63, 3.8) is 0 Å². The third kappa shape index (κ3) is 10.4. The van der Waals surface area contributed by atoms with Crippen LogP contribution in [-0.4, -0.2) is 12.2 Å². The van der Waals surface area contributed by atoms with Crippen molar-refractivity contribution in [3.8, 4) is 0 Å². The molecule has 0 aliphatic carbocycles. The molecule has 140 valence electrons. The van der Waals surface area contributed by atoms with Gasteiger partial charge in [0.15, 0.2) is 0 Å². The van der Waals surface area contributed by atoms with Crippen molar-refractivity contribution in [2.45, 2.75) is 113 Å². The lowest BCUT2D eigenvalue weighted by Gasteiger charge is -2.45. The second-order valence-corrected chi connectivity index (χ2v) is 9.84. The molecule has 0 rings (SSSR count). The molecule has 0 N–H and O–H groups in total. The minimum Gasteiger partial charge on any atom is -0.375 e. The molecule has 1 unspecified atom stereocenters. The van der Waals surface area contributed by atoms with Gasteiger partial charge in [-0.3, -0.25) is 0 Å². The summed E-state index contributed by atoms with van der Waals surface area (Å²) in [6, 6.07) is 0. The quantitative estimate of drug-likeness (QED) is 0.338. The van der Waals surface area contributed by atoms with Gasteiger partial charge in [-0.15, -0.1) is 0 Å². The van der Waals surface area contributed by atoms with Crippen LogP contribution in [0.3, 0.4) is 0 Å². The van der Waals surface area contributed by atoms with Crippen LogP contribution in [0.5, 0.6) is 0 Å². The molecule has 0 spiro atoms. The number of hydrogen-bond donors (Lipinski definition) is 0. The van der Waals surface area contributed by atoms with Crippen LogP contribution in [0.1, 0.15) is 107 Å². The Morgan fingerprint density at radius 1 is 0.696 bits per heavy atom. The summed E-state index contributed by atoms with van der Waals surface area (Å²) in [7, 11) is 0. The van der Waals surface area contributed by atoms with E-state index in [2.05, 4.69) is 62.3 Å². The highest BCUT2D eigenvalue weighted by Gasteiger charge is 2.40. The van der Waals surface area contributed by atoms with E-state index in [1.54, 1.807) is 0 Å². The van der Waals surface area contributed by atoms with Crippen molar-refractivity contribution in [1.29, 1.82) is 0 Å². The fraction of sp³-hybridized carbons (Fsp3) is 1.00. The van der Waals surface area contributed by atoms with Gasteiger partial charge in [-0.05, 0) is 43.4 Å². The maximum Gasteiger partial charge on any atom is 0.0661 e. The van der Waals surface area contributed by atoms with Crippen LogP contribution in [0, 0.1) is 23.2 Å². The number of rotatable bonds is 12. The van der Waals surface area contributed by atoms with E-state index in [1.165, 1.54) is 44.9 Å². The summed E-state index contributed by atoms with van der Waals surface area (Å²) in [6.45, 7) is 21.8. The lowest BCUT2D eigenvalue weighted by molar-refractivity contribution is -0.109. The normalized spacial score (nSPS) is 14.7. The highest BCUT2D eigenvalue weighted by molar-refractivity contribution is 4.89. The number of ether oxygens (including phenoxy) is 1. The molecule has 0 aliphatic rings. The maximum atomic E-state index is 6.34. The Bertz CT molecular complexity index is 283. The molecule has 0 aromatic carbocycles. The highest BCUT2D eigenvalue weighted by atomic mass is 16.5. The molecule has 23 heavy (non-hydrogen) atoms. The first kappa shape index (κ1) is 23.0. The van der Waals surface area contributed by atoms with E-state index < -0.39 is 0 Å². The van der Waals surface area contributed by atoms with Gasteiger partial charge in [-0.2, -0.15) is 0 Å². The summed E-state index contributed by atoms with van der Waals surface area (Å²) in [4.78, 5) is 0. The Morgan fingerprint density at radius 2 is 1.17 bits per heavy atom. The Hall–Kier alpha value is -0.0400. The Morgan fingerprint density at radius 3 is 1.61 bits per heavy atom. The van der Waals surface area contributed by atoms with Crippen LogP contribution in [0.4, 0.5) is 0 Å². The van der Waals surface area contributed by atoms with Gasteiger partial charge in [0.25, 0.3) is 0 Å². The molecule has 0 bridgehead atoms. The van der Waals surface area contributed by atoms with Crippen molar-refractivity contribution in [3.05, 3.63) is 0 Å². The molecule has 0 amide bonds. The van der Waals surface area contributed by atoms with E-state index in [0.29, 0.717) is 11.8 Å². The molecule has 1 nitrogen and oxygen atoms in total. The van der Waals surface area contributed by atoms with E-state index in [9.17, 15) is 0 Å². The number of hydrogen-bond acceptors (Lipinski definition) is 1. The lowest BCUT2D eigenvalue weighted by atomic mass is 9.66. The minimum absolute atomic E-state index is 0.0380. The summed E-state index contributed by atoms with van der Waals surface area (Å²) < 4.78 is 6.34. The van der Waals surface area contributed by atoms with Crippen molar-refractivity contribution in [2.75, 3.05) is 6.61 Å². The lowest BCUT2D eigenvalue weighted by Crippen LogP contribution is -2.45. The van der Waals surface area contributed by atoms with Gasteiger partial charge >= 0.3 is 0 Å². The smallest absolute Gasteiger partial charge is 0.0661 e. The van der Waals surface area contributed by atoms with E-state index in [4.69, 9.17) is 4.74 Å². The number of unbranched alkanes of at least 4 members (excludes halogenated alkanes) is 5. The Labute approximate surface area is 148 Å². The van der Waals surface area contributed by atoms with Crippen LogP contribution in [0.25, 0.3) is 0 Å². The second-order valence-electron chi connectivity index (χ2n) is 9.84. The van der Waals surface area contributed by atoms with E-state index in [-0.39, 0.29) is 11.0 Å². The summed E-state index contributed by atoms with van der Waals surface area (Å²) in [6.07, 6.45) is 9.50. The van der Waals surface area contributed by atoms with Crippen molar-refractivity contribution in [1.82, 2.24) is 0 Å². The van der Waals surface area contributed by atoms with Crippen molar-refractivity contribution >= 4 is 0 Å². The first-order chi connectivity index (χ1) is 10.5. The Kier molecular flexibility index (Phi) is 10.7. The molecule has 0 fully saturated rings. The van der Waals surface area contributed by atoms with Gasteiger partial charge in [0.2, 0.25) is 0 Å². The zero-order chi connectivity index (χ0) is 18.1. The molecule has 0 radical (unpaired) electrons. The molecule has 1 heteroatoms. The standard InChI is InChI=1S/C22H46O/c1-18(2)16-14-12-10-11-13-15-17-23-22(8,9)20(19(3)4)21(5,6)7/h18-20H,10-17H2,1-9H3. The van der Waals surface area contributed by atoms with Crippen molar-refractivity contribution < 1.29 is 4.74 Å². The van der Waals surface area contributed by atoms with Crippen LogP contribution in [-0.2, 0) is 4.74 Å². The SMILES string of the molecule is CC(C)CCCCCCCCOC(C)(C)C(C(C)C)C(C)(C)C. The maximum absolute atomic E-state index is 6.34. The van der Waals surface area contributed by atoms with E-state index in [1.807, 2.05) is 0 Å². The Balaban J connectivity index is 3.93. The predicted octanol–water partition coefficient (Wildman–Crippen LogP) is 7.49. The predicted molar refractivity (Wildman–Crippen MR) is 105 cm³/mol. The topological polar surface area (TPSA) is 9.23 Å². The molecule has 0 aromatic heterocycles. The van der Waals surface area contributed by atoms with Crippen LogP contribution < -0.4 is 0 Å².